The highest BCUT2D eigenvalue weighted by Crippen LogP contribution is 2.28. The summed E-state index contributed by atoms with van der Waals surface area (Å²) < 4.78 is 5.11. The van der Waals surface area contributed by atoms with Crippen molar-refractivity contribution in [2.24, 2.45) is 0 Å². The Labute approximate surface area is 124 Å². The molecule has 2 aromatic carbocycles. The van der Waals surface area contributed by atoms with E-state index >= 15 is 0 Å². The number of nitro groups is 1. The molecule has 0 fully saturated rings. The number of nitro benzene ring substituents is 1. The summed E-state index contributed by atoms with van der Waals surface area (Å²) in [5.74, 6) is -0.925. The molecule has 0 saturated carbocycles. The third kappa shape index (κ3) is 2.37. The van der Waals surface area contributed by atoms with Gasteiger partial charge in [0.1, 0.15) is 11.3 Å². The Morgan fingerprint density at radius 2 is 1.68 bits per heavy atom. The fraction of sp³-hybridized carbons (Fsp3) is 0. The van der Waals surface area contributed by atoms with E-state index in [1.165, 1.54) is 30.3 Å². The van der Waals surface area contributed by atoms with Gasteiger partial charge in [0.2, 0.25) is 5.78 Å². The van der Waals surface area contributed by atoms with Crippen molar-refractivity contribution >= 4 is 23.5 Å². The van der Waals surface area contributed by atoms with Gasteiger partial charge in [-0.3, -0.25) is 14.9 Å². The molecule has 6 nitrogen and oxygen atoms in total. The number of ether oxygens (including phenoxy) is 1. The molecule has 0 saturated heterocycles. The summed E-state index contributed by atoms with van der Waals surface area (Å²) in [5, 5.41) is 10.6. The lowest BCUT2D eigenvalue weighted by atomic mass is 9.98. The monoisotopic (exact) mass is 295 g/mol. The van der Waals surface area contributed by atoms with Gasteiger partial charge in [0.25, 0.3) is 5.69 Å². The number of para-hydroxylation sites is 1. The number of Topliss-reactive ketones (excluding diaryl/α,β-unsaturated/α-hetero) is 1. The predicted molar refractivity (Wildman–Crippen MR) is 77.5 cm³/mol. The van der Waals surface area contributed by atoms with Crippen LogP contribution in [0.5, 0.6) is 5.75 Å². The van der Waals surface area contributed by atoms with Crippen LogP contribution in [0.15, 0.2) is 54.1 Å². The lowest BCUT2D eigenvalue weighted by Crippen LogP contribution is -2.24. The largest absolute Gasteiger partial charge is 0.422 e. The fourth-order valence-electron chi connectivity index (χ4n) is 2.12. The lowest BCUT2D eigenvalue weighted by molar-refractivity contribution is -0.384. The highest BCUT2D eigenvalue weighted by atomic mass is 16.6. The molecular weight excluding hydrogens is 286 g/mol. The minimum atomic E-state index is -0.734. The molecular formula is C16H9NO5. The molecule has 1 aliphatic heterocycles. The number of hydrogen-bond donors (Lipinski definition) is 0. The third-order valence-electron chi connectivity index (χ3n) is 3.21. The van der Waals surface area contributed by atoms with Gasteiger partial charge in [0, 0.05) is 12.1 Å². The van der Waals surface area contributed by atoms with Gasteiger partial charge in [0.05, 0.1) is 10.5 Å². The minimum absolute atomic E-state index is 0.0648. The number of hydrogen-bond acceptors (Lipinski definition) is 5. The minimum Gasteiger partial charge on any atom is -0.422 e. The van der Waals surface area contributed by atoms with E-state index < -0.39 is 16.7 Å². The van der Waals surface area contributed by atoms with E-state index in [9.17, 15) is 19.7 Å². The van der Waals surface area contributed by atoms with Crippen LogP contribution in [0.2, 0.25) is 0 Å². The first kappa shape index (κ1) is 13.7. The van der Waals surface area contributed by atoms with E-state index in [0.717, 1.165) is 0 Å². The van der Waals surface area contributed by atoms with Crippen LogP contribution in [-0.4, -0.2) is 16.7 Å². The zero-order valence-electron chi connectivity index (χ0n) is 11.2. The van der Waals surface area contributed by atoms with Gasteiger partial charge in [-0.05, 0) is 35.9 Å². The molecule has 0 unspecified atom stereocenters. The van der Waals surface area contributed by atoms with Crippen molar-refractivity contribution in [3.63, 3.8) is 0 Å². The van der Waals surface area contributed by atoms with E-state index in [4.69, 9.17) is 4.74 Å². The first-order chi connectivity index (χ1) is 10.6. The van der Waals surface area contributed by atoms with E-state index in [-0.39, 0.29) is 17.0 Å². The number of esters is 1. The average molecular weight is 295 g/mol. The van der Waals surface area contributed by atoms with Gasteiger partial charge in [-0.1, -0.05) is 12.1 Å². The van der Waals surface area contributed by atoms with Crippen LogP contribution >= 0.6 is 0 Å². The van der Waals surface area contributed by atoms with Gasteiger partial charge in [-0.2, -0.15) is 0 Å². The summed E-state index contributed by atoms with van der Waals surface area (Å²) in [6, 6.07) is 12.0. The Balaban J connectivity index is 1.99. The first-order valence-corrected chi connectivity index (χ1v) is 6.38. The Morgan fingerprint density at radius 1 is 1.00 bits per heavy atom. The Hall–Kier alpha value is -3.28. The third-order valence-corrected chi connectivity index (χ3v) is 3.21. The van der Waals surface area contributed by atoms with Crippen LogP contribution in [0.25, 0.3) is 6.08 Å². The zero-order chi connectivity index (χ0) is 15.7. The maximum atomic E-state index is 12.3. The molecule has 3 rings (SSSR count). The van der Waals surface area contributed by atoms with E-state index in [1.807, 2.05) is 0 Å². The normalized spacial score (nSPS) is 15.4. The van der Waals surface area contributed by atoms with Crippen molar-refractivity contribution in [2.75, 3.05) is 0 Å². The van der Waals surface area contributed by atoms with Gasteiger partial charge in [-0.25, -0.2) is 4.79 Å². The molecule has 108 valence electrons. The quantitative estimate of drug-likeness (QED) is 0.212. The van der Waals surface area contributed by atoms with Crippen molar-refractivity contribution < 1.29 is 19.2 Å². The second-order valence-electron chi connectivity index (χ2n) is 4.62. The molecule has 0 N–H and O–H groups in total. The Morgan fingerprint density at radius 3 is 2.36 bits per heavy atom. The second kappa shape index (κ2) is 5.25. The van der Waals surface area contributed by atoms with Gasteiger partial charge in [-0.15, -0.1) is 0 Å². The van der Waals surface area contributed by atoms with Crippen molar-refractivity contribution in [3.05, 3.63) is 75.3 Å². The molecule has 2 aromatic rings. The summed E-state index contributed by atoms with van der Waals surface area (Å²) in [6.45, 7) is 0. The molecule has 0 aliphatic carbocycles. The first-order valence-electron chi connectivity index (χ1n) is 6.38. The Kier molecular flexibility index (Phi) is 3.27. The van der Waals surface area contributed by atoms with Crippen LogP contribution in [0.1, 0.15) is 15.9 Å². The summed E-state index contributed by atoms with van der Waals surface area (Å²) in [4.78, 5) is 34.3. The predicted octanol–water partition coefficient (Wildman–Crippen LogP) is 2.78. The zero-order valence-corrected chi connectivity index (χ0v) is 11.2. The fourth-order valence-corrected chi connectivity index (χ4v) is 2.12. The summed E-state index contributed by atoms with van der Waals surface area (Å²) in [5.41, 5.74) is 0.651. The smallest absolute Gasteiger partial charge is 0.347 e. The molecule has 0 atom stereocenters. The van der Waals surface area contributed by atoms with Crippen molar-refractivity contribution in [1.29, 1.82) is 0 Å². The molecule has 22 heavy (non-hydrogen) atoms. The summed E-state index contributed by atoms with van der Waals surface area (Å²) in [7, 11) is 0. The van der Waals surface area contributed by atoms with Gasteiger partial charge in [0.15, 0.2) is 0 Å². The molecule has 1 aliphatic rings. The van der Waals surface area contributed by atoms with E-state index in [0.29, 0.717) is 11.1 Å². The van der Waals surface area contributed by atoms with Gasteiger partial charge >= 0.3 is 5.97 Å². The molecule has 0 radical (unpaired) electrons. The van der Waals surface area contributed by atoms with Crippen LogP contribution in [0, 0.1) is 10.1 Å². The number of rotatable bonds is 2. The summed E-state index contributed by atoms with van der Waals surface area (Å²) >= 11 is 0. The SMILES string of the molecule is O=C1Oc2ccccc2C(=O)/C1=C\c1ccc([N+](=O)[O-])cc1. The number of carbonyl (C=O) groups excluding carboxylic acids is 2. The second-order valence-corrected chi connectivity index (χ2v) is 4.62. The molecule has 0 spiro atoms. The van der Waals surface area contributed by atoms with Gasteiger partial charge < -0.3 is 4.74 Å². The van der Waals surface area contributed by atoms with Crippen LogP contribution in [0.3, 0.4) is 0 Å². The number of non-ortho nitro benzene ring substituents is 1. The van der Waals surface area contributed by atoms with Crippen molar-refractivity contribution in [2.45, 2.75) is 0 Å². The van der Waals surface area contributed by atoms with E-state index in [1.54, 1.807) is 24.3 Å². The maximum absolute atomic E-state index is 12.3. The molecule has 0 amide bonds. The van der Waals surface area contributed by atoms with E-state index in [2.05, 4.69) is 0 Å². The Bertz CT molecular complexity index is 821. The van der Waals surface area contributed by atoms with Crippen LogP contribution in [-0.2, 0) is 4.79 Å². The van der Waals surface area contributed by atoms with Crippen LogP contribution < -0.4 is 4.74 Å². The number of fused-ring (bicyclic) bond motifs is 1. The molecule has 0 bridgehead atoms. The highest BCUT2D eigenvalue weighted by Gasteiger charge is 2.30. The summed E-state index contributed by atoms with van der Waals surface area (Å²) in [6.07, 6.45) is 1.37. The maximum Gasteiger partial charge on any atom is 0.347 e. The van der Waals surface area contributed by atoms with Crippen LogP contribution in [0.4, 0.5) is 5.69 Å². The van der Waals surface area contributed by atoms with Crippen molar-refractivity contribution in [3.8, 4) is 5.75 Å². The topological polar surface area (TPSA) is 86.5 Å². The highest BCUT2D eigenvalue weighted by molar-refractivity contribution is 6.30. The number of carbonyl (C=O) groups is 2. The lowest BCUT2D eigenvalue weighted by Gasteiger charge is -2.16. The number of benzene rings is 2. The number of nitrogens with zero attached hydrogens (tertiary/aromatic N) is 1. The number of ketones is 1. The van der Waals surface area contributed by atoms with Crippen molar-refractivity contribution in [1.82, 2.24) is 0 Å². The molecule has 0 aromatic heterocycles. The molecule has 6 heteroatoms. The standard InChI is InChI=1S/C16H9NO5/c18-15-12-3-1-2-4-14(12)22-16(19)13(15)9-10-5-7-11(8-6-10)17(20)21/h1-9H/b13-9+. The average Bonchev–Trinajstić information content (AvgIpc) is 2.52. The molecule has 1 heterocycles.